The van der Waals surface area contributed by atoms with Gasteiger partial charge in [-0.05, 0) is 28.1 Å². The van der Waals surface area contributed by atoms with Gasteiger partial charge in [-0.3, -0.25) is 4.79 Å². The molecule has 0 aliphatic rings. The lowest BCUT2D eigenvalue weighted by Crippen LogP contribution is -2.13. The lowest BCUT2D eigenvalue weighted by Gasteiger charge is -2.06. The second-order valence-electron chi connectivity index (χ2n) is 2.71. The average Bonchev–Trinajstić information content (AvgIpc) is 2.20. The Kier molecular flexibility index (Phi) is 4.47. The van der Waals surface area contributed by atoms with Gasteiger partial charge in [-0.1, -0.05) is 0 Å². The van der Waals surface area contributed by atoms with E-state index >= 15 is 0 Å². The number of nitrogens with one attached hydrogen (secondary N) is 1. The van der Waals surface area contributed by atoms with Crippen molar-refractivity contribution in [1.29, 1.82) is 0 Å². The highest BCUT2D eigenvalue weighted by Gasteiger charge is 2.12. The molecule has 1 rings (SSSR count). The van der Waals surface area contributed by atoms with Crippen LogP contribution < -0.4 is 5.32 Å². The first-order valence-corrected chi connectivity index (χ1v) is 5.38. The smallest absolute Gasteiger partial charge is 0.225 e. The number of hydrogen-bond donors (Lipinski definition) is 1. The van der Waals surface area contributed by atoms with Crippen molar-refractivity contribution in [1.82, 2.24) is 0 Å². The van der Waals surface area contributed by atoms with Crippen LogP contribution in [0.3, 0.4) is 0 Å². The summed E-state index contributed by atoms with van der Waals surface area (Å²) in [5.74, 6) is -1.82. The molecule has 1 aromatic rings. The van der Waals surface area contributed by atoms with Crippen molar-refractivity contribution in [3.63, 3.8) is 0 Å². The summed E-state index contributed by atoms with van der Waals surface area (Å²) >= 11 is 8.07. The molecular weight excluding hydrogens is 291 g/mol. The van der Waals surface area contributed by atoms with Gasteiger partial charge in [-0.25, -0.2) is 8.78 Å². The van der Waals surface area contributed by atoms with Gasteiger partial charge in [0, 0.05) is 12.3 Å². The minimum Gasteiger partial charge on any atom is -0.324 e. The molecule has 82 valence electrons. The number of halogens is 4. The van der Waals surface area contributed by atoms with Crippen LogP contribution in [0.2, 0.25) is 0 Å². The van der Waals surface area contributed by atoms with Crippen LogP contribution in [0.5, 0.6) is 0 Å². The number of benzene rings is 1. The summed E-state index contributed by atoms with van der Waals surface area (Å²) in [4.78, 5) is 11.1. The summed E-state index contributed by atoms with van der Waals surface area (Å²) in [5.41, 5.74) is -0.0709. The van der Waals surface area contributed by atoms with E-state index in [1.54, 1.807) is 0 Å². The molecule has 0 aromatic heterocycles. The summed E-state index contributed by atoms with van der Waals surface area (Å²) in [5, 5.41) is 2.28. The van der Waals surface area contributed by atoms with E-state index in [9.17, 15) is 13.6 Å². The van der Waals surface area contributed by atoms with Crippen molar-refractivity contribution in [2.45, 2.75) is 6.42 Å². The van der Waals surface area contributed by atoms with E-state index in [0.29, 0.717) is 0 Å². The van der Waals surface area contributed by atoms with Gasteiger partial charge in [0.2, 0.25) is 5.91 Å². The van der Waals surface area contributed by atoms with Crippen molar-refractivity contribution in [3.05, 3.63) is 28.2 Å². The largest absolute Gasteiger partial charge is 0.324 e. The summed E-state index contributed by atoms with van der Waals surface area (Å²) < 4.78 is 25.9. The number of anilines is 1. The predicted molar refractivity (Wildman–Crippen MR) is 58.0 cm³/mol. The normalized spacial score (nSPS) is 10.1. The Morgan fingerprint density at radius 3 is 2.73 bits per heavy atom. The van der Waals surface area contributed by atoms with Gasteiger partial charge >= 0.3 is 0 Å². The van der Waals surface area contributed by atoms with Crippen LogP contribution in [0, 0.1) is 11.6 Å². The second kappa shape index (κ2) is 5.42. The van der Waals surface area contributed by atoms with Crippen LogP contribution in [-0.4, -0.2) is 11.8 Å². The first-order chi connectivity index (χ1) is 7.06. The molecule has 0 saturated carbocycles. The van der Waals surface area contributed by atoms with Crippen molar-refractivity contribution in [3.8, 4) is 0 Å². The Hall–Kier alpha value is -0.680. The molecule has 0 aliphatic carbocycles. The van der Waals surface area contributed by atoms with Gasteiger partial charge in [-0.15, -0.1) is 11.6 Å². The van der Waals surface area contributed by atoms with Gasteiger partial charge in [0.05, 0.1) is 10.2 Å². The maximum Gasteiger partial charge on any atom is 0.225 e. The predicted octanol–water partition coefficient (Wildman–Crippen LogP) is 3.29. The number of amides is 1. The summed E-state index contributed by atoms with van der Waals surface area (Å²) in [7, 11) is 0. The van der Waals surface area contributed by atoms with E-state index < -0.39 is 17.5 Å². The zero-order valence-corrected chi connectivity index (χ0v) is 9.83. The van der Waals surface area contributed by atoms with Crippen molar-refractivity contribution in [2.75, 3.05) is 11.2 Å². The van der Waals surface area contributed by atoms with Gasteiger partial charge in [0.25, 0.3) is 0 Å². The molecule has 2 nitrogen and oxygen atoms in total. The molecule has 1 N–H and O–H groups in total. The minimum atomic E-state index is -0.835. The second-order valence-corrected chi connectivity index (χ2v) is 3.88. The maximum atomic E-state index is 13.3. The lowest BCUT2D eigenvalue weighted by molar-refractivity contribution is -0.115. The molecule has 0 fully saturated rings. The quantitative estimate of drug-likeness (QED) is 0.673. The fraction of sp³-hybridized carbons (Fsp3) is 0.222. The Labute approximate surface area is 98.7 Å². The standard InChI is InChI=1S/C9H7BrClF2NO/c10-8-5(12)1-2-6(9(8)13)14-7(15)3-4-11/h1-2H,3-4H2,(H,14,15). The van der Waals surface area contributed by atoms with Crippen LogP contribution in [0.1, 0.15) is 6.42 Å². The zero-order chi connectivity index (χ0) is 11.4. The molecule has 0 saturated heterocycles. The Balaban J connectivity index is 2.87. The van der Waals surface area contributed by atoms with E-state index in [2.05, 4.69) is 21.2 Å². The fourth-order valence-corrected chi connectivity index (χ4v) is 1.44. The third kappa shape index (κ3) is 3.14. The molecule has 0 bridgehead atoms. The maximum absolute atomic E-state index is 13.3. The molecule has 0 aliphatic heterocycles. The average molecular weight is 299 g/mol. The first-order valence-electron chi connectivity index (χ1n) is 4.05. The number of carbonyl (C=O) groups excluding carboxylic acids is 1. The third-order valence-corrected chi connectivity index (χ3v) is 2.55. The molecular formula is C9H7BrClF2NO. The van der Waals surface area contributed by atoms with Crippen LogP contribution in [0.4, 0.5) is 14.5 Å². The van der Waals surface area contributed by atoms with E-state index in [1.165, 1.54) is 0 Å². The van der Waals surface area contributed by atoms with E-state index in [-0.39, 0.29) is 22.5 Å². The minimum absolute atomic E-state index is 0.0709. The SMILES string of the molecule is O=C(CCCl)Nc1ccc(F)c(Br)c1F. The number of rotatable bonds is 3. The van der Waals surface area contributed by atoms with Crippen LogP contribution in [-0.2, 0) is 4.79 Å². The Bertz CT molecular complexity index is 387. The van der Waals surface area contributed by atoms with E-state index in [0.717, 1.165) is 12.1 Å². The molecule has 0 spiro atoms. The van der Waals surface area contributed by atoms with Crippen LogP contribution in [0.25, 0.3) is 0 Å². The molecule has 15 heavy (non-hydrogen) atoms. The van der Waals surface area contributed by atoms with Gasteiger partial charge in [0.1, 0.15) is 5.82 Å². The van der Waals surface area contributed by atoms with Crippen molar-refractivity contribution < 1.29 is 13.6 Å². The third-order valence-electron chi connectivity index (χ3n) is 1.63. The number of alkyl halides is 1. The van der Waals surface area contributed by atoms with E-state index in [1.807, 2.05) is 0 Å². The van der Waals surface area contributed by atoms with Gasteiger partial charge in [-0.2, -0.15) is 0 Å². The molecule has 1 aromatic carbocycles. The van der Waals surface area contributed by atoms with Crippen molar-refractivity contribution >= 4 is 39.1 Å². The molecule has 0 unspecified atom stereocenters. The summed E-state index contributed by atoms with van der Waals surface area (Å²) in [6.45, 7) is 0. The topological polar surface area (TPSA) is 29.1 Å². The Morgan fingerprint density at radius 1 is 1.47 bits per heavy atom. The molecule has 0 heterocycles. The number of carbonyl (C=O) groups is 1. The monoisotopic (exact) mass is 297 g/mol. The highest BCUT2D eigenvalue weighted by atomic mass is 79.9. The first kappa shape index (κ1) is 12.4. The van der Waals surface area contributed by atoms with Gasteiger partial charge in [0.15, 0.2) is 5.82 Å². The van der Waals surface area contributed by atoms with Crippen molar-refractivity contribution in [2.24, 2.45) is 0 Å². The van der Waals surface area contributed by atoms with Crippen LogP contribution >= 0.6 is 27.5 Å². The summed E-state index contributed by atoms with van der Waals surface area (Å²) in [6, 6.07) is 2.21. The highest BCUT2D eigenvalue weighted by molar-refractivity contribution is 9.10. The Morgan fingerprint density at radius 2 is 2.13 bits per heavy atom. The lowest BCUT2D eigenvalue weighted by atomic mass is 10.3. The molecule has 0 radical (unpaired) electrons. The van der Waals surface area contributed by atoms with Crippen LogP contribution in [0.15, 0.2) is 16.6 Å². The summed E-state index contributed by atoms with van der Waals surface area (Å²) in [6.07, 6.45) is 0.0794. The van der Waals surface area contributed by atoms with E-state index in [4.69, 9.17) is 11.6 Å². The highest BCUT2D eigenvalue weighted by Crippen LogP contribution is 2.25. The molecule has 1 amide bonds. The zero-order valence-electron chi connectivity index (χ0n) is 7.49. The molecule has 6 heteroatoms. The molecule has 0 atom stereocenters. The fourth-order valence-electron chi connectivity index (χ4n) is 0.921. The number of hydrogen-bond acceptors (Lipinski definition) is 1. The van der Waals surface area contributed by atoms with Gasteiger partial charge < -0.3 is 5.32 Å².